The molecule has 1 amide bonds. The van der Waals surface area contributed by atoms with Crippen molar-refractivity contribution in [1.82, 2.24) is 24.4 Å². The molecule has 4 rings (SSSR count). The van der Waals surface area contributed by atoms with E-state index in [0.29, 0.717) is 13.1 Å². The number of fused-ring (bicyclic) bond motifs is 1. The molecule has 24 heavy (non-hydrogen) atoms. The molecule has 0 spiro atoms. The lowest BCUT2D eigenvalue weighted by molar-refractivity contribution is -0.127. The van der Waals surface area contributed by atoms with Gasteiger partial charge in [0.15, 0.2) is 0 Å². The molecule has 1 N–H and O–H groups in total. The highest BCUT2D eigenvalue weighted by molar-refractivity contribution is 5.74. The average Bonchev–Trinajstić information content (AvgIpc) is 3.26. The van der Waals surface area contributed by atoms with Gasteiger partial charge in [-0.1, -0.05) is 0 Å². The number of carbonyl (C=O) groups is 1. The average molecular weight is 326 g/mol. The monoisotopic (exact) mass is 326 g/mol. The molecule has 7 nitrogen and oxygen atoms in total. The molecule has 1 saturated heterocycles. The van der Waals surface area contributed by atoms with Crippen LogP contribution in [0.3, 0.4) is 0 Å². The van der Waals surface area contributed by atoms with Crippen molar-refractivity contribution >= 4 is 11.7 Å². The van der Waals surface area contributed by atoms with Gasteiger partial charge in [-0.15, -0.1) is 0 Å². The van der Waals surface area contributed by atoms with Gasteiger partial charge >= 0.3 is 0 Å². The van der Waals surface area contributed by atoms with Gasteiger partial charge in [-0.05, 0) is 19.3 Å². The molecule has 0 bridgehead atoms. The summed E-state index contributed by atoms with van der Waals surface area (Å²) in [6, 6.07) is 0.114. The van der Waals surface area contributed by atoms with Gasteiger partial charge in [0.25, 0.3) is 0 Å². The zero-order valence-corrected chi connectivity index (χ0v) is 14.1. The zero-order chi connectivity index (χ0) is 16.7. The van der Waals surface area contributed by atoms with Crippen LogP contribution < -0.4 is 5.32 Å². The SMILES string of the molecule is CC(=O)N1C[C@@H](Nc2ncnc3c2CCC3)[C@H](c2cn(C)cn2)C1. The summed E-state index contributed by atoms with van der Waals surface area (Å²) in [6.07, 6.45) is 8.67. The molecule has 2 atom stereocenters. The summed E-state index contributed by atoms with van der Waals surface area (Å²) in [4.78, 5) is 27.1. The van der Waals surface area contributed by atoms with E-state index in [1.54, 1.807) is 13.3 Å². The molecule has 0 unspecified atom stereocenters. The summed E-state index contributed by atoms with van der Waals surface area (Å²) >= 11 is 0. The fourth-order valence-electron chi connectivity index (χ4n) is 3.79. The fourth-order valence-corrected chi connectivity index (χ4v) is 3.79. The van der Waals surface area contributed by atoms with E-state index in [2.05, 4.69) is 20.3 Å². The number of imidazole rings is 1. The van der Waals surface area contributed by atoms with E-state index in [0.717, 1.165) is 36.5 Å². The standard InChI is InChI=1S/C17H22N6O/c1-11(24)23-6-13(15-7-22(2)10-20-15)16(8-23)21-17-12-4-3-5-14(12)18-9-19-17/h7,9-10,13,16H,3-6,8H2,1-2H3,(H,18,19,21)/t13-,16+/m0/s1. The Bertz CT molecular complexity index is 770. The fraction of sp³-hybridized carbons (Fsp3) is 0.529. The molecule has 2 aliphatic rings. The highest BCUT2D eigenvalue weighted by Gasteiger charge is 2.37. The summed E-state index contributed by atoms with van der Waals surface area (Å²) in [5.74, 6) is 1.20. The van der Waals surface area contributed by atoms with E-state index < -0.39 is 0 Å². The summed E-state index contributed by atoms with van der Waals surface area (Å²) in [6.45, 7) is 2.99. The topological polar surface area (TPSA) is 75.9 Å². The molecular formula is C17H22N6O. The maximum Gasteiger partial charge on any atom is 0.219 e. The van der Waals surface area contributed by atoms with E-state index >= 15 is 0 Å². The lowest BCUT2D eigenvalue weighted by Gasteiger charge is -2.20. The highest BCUT2D eigenvalue weighted by atomic mass is 16.2. The summed E-state index contributed by atoms with van der Waals surface area (Å²) in [5, 5.41) is 3.59. The van der Waals surface area contributed by atoms with Gasteiger partial charge in [-0.2, -0.15) is 0 Å². The lowest BCUT2D eigenvalue weighted by Crippen LogP contribution is -2.31. The Balaban J connectivity index is 1.62. The summed E-state index contributed by atoms with van der Waals surface area (Å²) in [5.41, 5.74) is 3.41. The van der Waals surface area contributed by atoms with Crippen LogP contribution in [0.15, 0.2) is 18.9 Å². The van der Waals surface area contributed by atoms with Gasteiger partial charge in [0.05, 0.1) is 18.1 Å². The molecule has 7 heteroatoms. The number of nitrogens with zero attached hydrogens (tertiary/aromatic N) is 5. The Kier molecular flexibility index (Phi) is 3.70. The number of anilines is 1. The van der Waals surface area contributed by atoms with Crippen LogP contribution in [0, 0.1) is 0 Å². The van der Waals surface area contributed by atoms with Crippen LogP contribution in [0.5, 0.6) is 0 Å². The van der Waals surface area contributed by atoms with Crippen LogP contribution in [0.25, 0.3) is 0 Å². The summed E-state index contributed by atoms with van der Waals surface area (Å²) < 4.78 is 1.95. The van der Waals surface area contributed by atoms with Crippen molar-refractivity contribution in [1.29, 1.82) is 0 Å². The number of likely N-dealkylation sites (tertiary alicyclic amines) is 1. The minimum atomic E-state index is 0.105. The quantitative estimate of drug-likeness (QED) is 0.915. The number of carbonyl (C=O) groups excluding carboxylic acids is 1. The van der Waals surface area contributed by atoms with Crippen molar-refractivity contribution in [2.75, 3.05) is 18.4 Å². The number of hydrogen-bond acceptors (Lipinski definition) is 5. The van der Waals surface area contributed by atoms with E-state index in [-0.39, 0.29) is 17.9 Å². The van der Waals surface area contributed by atoms with E-state index in [9.17, 15) is 4.79 Å². The van der Waals surface area contributed by atoms with Crippen LogP contribution in [0.1, 0.15) is 36.2 Å². The van der Waals surface area contributed by atoms with Crippen molar-refractivity contribution in [3.05, 3.63) is 35.8 Å². The smallest absolute Gasteiger partial charge is 0.219 e. The molecule has 1 aliphatic heterocycles. The van der Waals surface area contributed by atoms with Crippen molar-refractivity contribution in [3.8, 4) is 0 Å². The minimum absolute atomic E-state index is 0.105. The maximum absolute atomic E-state index is 11.9. The first-order chi connectivity index (χ1) is 11.6. The third kappa shape index (κ3) is 2.64. The second kappa shape index (κ2) is 5.89. The maximum atomic E-state index is 11.9. The number of hydrogen-bond donors (Lipinski definition) is 1. The van der Waals surface area contributed by atoms with Crippen LogP contribution in [0.4, 0.5) is 5.82 Å². The highest BCUT2D eigenvalue weighted by Crippen LogP contribution is 2.31. The third-order valence-corrected chi connectivity index (χ3v) is 5.07. The molecule has 0 aromatic carbocycles. The lowest BCUT2D eigenvalue weighted by atomic mass is 10.00. The molecule has 2 aromatic rings. The second-order valence-electron chi connectivity index (χ2n) is 6.75. The largest absolute Gasteiger partial charge is 0.364 e. The number of rotatable bonds is 3. The Hall–Kier alpha value is -2.44. The van der Waals surface area contributed by atoms with Gasteiger partial charge in [-0.25, -0.2) is 15.0 Å². The Labute approximate surface area is 141 Å². The first kappa shape index (κ1) is 15.1. The first-order valence-electron chi connectivity index (χ1n) is 8.44. The first-order valence-corrected chi connectivity index (χ1v) is 8.44. The van der Waals surface area contributed by atoms with Crippen molar-refractivity contribution in [2.24, 2.45) is 7.05 Å². The van der Waals surface area contributed by atoms with Gasteiger partial charge in [0, 0.05) is 50.4 Å². The van der Waals surface area contributed by atoms with Gasteiger partial charge in [0.1, 0.15) is 12.1 Å². The normalized spacial score (nSPS) is 22.7. The Morgan fingerprint density at radius 2 is 2.12 bits per heavy atom. The van der Waals surface area contributed by atoms with Gasteiger partial charge < -0.3 is 14.8 Å². The van der Waals surface area contributed by atoms with Crippen LogP contribution in [-0.2, 0) is 24.7 Å². The van der Waals surface area contributed by atoms with Gasteiger partial charge in [-0.3, -0.25) is 4.79 Å². The Morgan fingerprint density at radius 1 is 1.25 bits per heavy atom. The molecule has 1 fully saturated rings. The van der Waals surface area contributed by atoms with Gasteiger partial charge in [0.2, 0.25) is 5.91 Å². The number of amides is 1. The minimum Gasteiger partial charge on any atom is -0.364 e. The van der Waals surface area contributed by atoms with E-state index in [4.69, 9.17) is 0 Å². The predicted molar refractivity (Wildman–Crippen MR) is 89.7 cm³/mol. The molecule has 0 saturated carbocycles. The zero-order valence-electron chi connectivity index (χ0n) is 14.1. The van der Waals surface area contributed by atoms with Crippen molar-refractivity contribution in [3.63, 3.8) is 0 Å². The molecular weight excluding hydrogens is 304 g/mol. The molecule has 0 radical (unpaired) electrons. The third-order valence-electron chi connectivity index (χ3n) is 5.07. The van der Waals surface area contributed by atoms with E-state index in [1.807, 2.05) is 29.0 Å². The molecule has 1 aliphatic carbocycles. The van der Waals surface area contributed by atoms with Crippen molar-refractivity contribution in [2.45, 2.75) is 38.1 Å². The van der Waals surface area contributed by atoms with Crippen LogP contribution >= 0.6 is 0 Å². The van der Waals surface area contributed by atoms with Crippen molar-refractivity contribution < 1.29 is 4.79 Å². The number of aromatic nitrogens is 4. The molecule has 126 valence electrons. The predicted octanol–water partition coefficient (Wildman–Crippen LogP) is 1.13. The number of aryl methyl sites for hydroxylation is 2. The van der Waals surface area contributed by atoms with Crippen LogP contribution in [-0.4, -0.2) is 49.5 Å². The van der Waals surface area contributed by atoms with Crippen LogP contribution in [0.2, 0.25) is 0 Å². The number of nitrogens with one attached hydrogen (secondary N) is 1. The van der Waals surface area contributed by atoms with E-state index in [1.165, 1.54) is 5.56 Å². The molecule has 3 heterocycles. The summed E-state index contributed by atoms with van der Waals surface area (Å²) in [7, 11) is 1.97. The second-order valence-corrected chi connectivity index (χ2v) is 6.75. The molecule has 2 aromatic heterocycles. The Morgan fingerprint density at radius 3 is 2.88 bits per heavy atom.